The van der Waals surface area contributed by atoms with Gasteiger partial charge in [-0.3, -0.25) is 4.79 Å². The number of rotatable bonds is 2. The van der Waals surface area contributed by atoms with Crippen molar-refractivity contribution in [2.24, 2.45) is 0 Å². The van der Waals surface area contributed by atoms with E-state index in [4.69, 9.17) is 16.3 Å². The summed E-state index contributed by atoms with van der Waals surface area (Å²) in [6.45, 7) is 8.06. The second-order valence-corrected chi connectivity index (χ2v) is 7.58. The Hall–Kier alpha value is -1.78. The van der Waals surface area contributed by atoms with Crippen molar-refractivity contribution in [1.82, 2.24) is 9.47 Å². The molecule has 1 aliphatic rings. The molecule has 3 rings (SSSR count). The minimum absolute atomic E-state index is 0.0324. The molecule has 5 heteroatoms. The van der Waals surface area contributed by atoms with Gasteiger partial charge in [0.2, 0.25) is 0 Å². The quantitative estimate of drug-likeness (QED) is 0.820. The Balaban J connectivity index is 1.73. The molecule has 1 aromatic carbocycles. The van der Waals surface area contributed by atoms with Crippen LogP contribution >= 0.6 is 11.6 Å². The SMILES string of the molecule is CC(C)(C)n1ccc(C(=O)N2CCOC(c3ccc(Cl)cc3)C2)c1. The second kappa shape index (κ2) is 6.61. The maximum Gasteiger partial charge on any atom is 0.255 e. The molecule has 128 valence electrons. The summed E-state index contributed by atoms with van der Waals surface area (Å²) in [5, 5.41) is 0.700. The normalized spacial score (nSPS) is 18.7. The van der Waals surface area contributed by atoms with Gasteiger partial charge >= 0.3 is 0 Å². The first-order valence-corrected chi connectivity index (χ1v) is 8.57. The van der Waals surface area contributed by atoms with Crippen LogP contribution in [0.2, 0.25) is 5.02 Å². The number of aromatic nitrogens is 1. The molecule has 0 spiro atoms. The molecule has 0 aliphatic carbocycles. The van der Waals surface area contributed by atoms with Gasteiger partial charge in [0.15, 0.2) is 0 Å². The maximum atomic E-state index is 12.8. The summed E-state index contributed by atoms with van der Waals surface area (Å²) in [4.78, 5) is 14.7. The lowest BCUT2D eigenvalue weighted by molar-refractivity contribution is -0.0228. The molecule has 0 radical (unpaired) electrons. The Morgan fingerprint density at radius 1 is 1.21 bits per heavy atom. The first-order chi connectivity index (χ1) is 11.3. The fraction of sp³-hybridized carbons (Fsp3) is 0.421. The van der Waals surface area contributed by atoms with Gasteiger partial charge in [0.25, 0.3) is 5.91 Å². The summed E-state index contributed by atoms with van der Waals surface area (Å²) < 4.78 is 7.90. The number of hydrogen-bond acceptors (Lipinski definition) is 2. The third-order valence-electron chi connectivity index (χ3n) is 4.31. The average molecular weight is 347 g/mol. The monoisotopic (exact) mass is 346 g/mol. The summed E-state index contributed by atoms with van der Waals surface area (Å²) in [6, 6.07) is 9.50. The summed E-state index contributed by atoms with van der Waals surface area (Å²) in [7, 11) is 0. The average Bonchev–Trinajstić information content (AvgIpc) is 3.05. The van der Waals surface area contributed by atoms with E-state index in [0.29, 0.717) is 24.7 Å². The van der Waals surface area contributed by atoms with Crippen molar-refractivity contribution in [3.63, 3.8) is 0 Å². The topological polar surface area (TPSA) is 34.5 Å². The van der Waals surface area contributed by atoms with Crippen molar-refractivity contribution in [3.8, 4) is 0 Å². The highest BCUT2D eigenvalue weighted by atomic mass is 35.5. The molecule has 0 saturated carbocycles. The Labute approximate surface area is 148 Å². The second-order valence-electron chi connectivity index (χ2n) is 7.14. The Kier molecular flexibility index (Phi) is 4.70. The molecular weight excluding hydrogens is 324 g/mol. The minimum Gasteiger partial charge on any atom is -0.370 e. The molecule has 0 N–H and O–H groups in total. The van der Waals surface area contributed by atoms with Crippen molar-refractivity contribution in [1.29, 1.82) is 0 Å². The summed E-state index contributed by atoms with van der Waals surface area (Å²) in [5.41, 5.74) is 1.74. The highest BCUT2D eigenvalue weighted by Gasteiger charge is 2.27. The van der Waals surface area contributed by atoms with E-state index in [1.807, 2.05) is 47.6 Å². The molecule has 0 bridgehead atoms. The smallest absolute Gasteiger partial charge is 0.255 e. The third kappa shape index (κ3) is 3.65. The van der Waals surface area contributed by atoms with E-state index in [-0.39, 0.29) is 17.6 Å². The Morgan fingerprint density at radius 2 is 1.92 bits per heavy atom. The van der Waals surface area contributed by atoms with Gasteiger partial charge in [0.05, 0.1) is 18.7 Å². The van der Waals surface area contributed by atoms with E-state index in [0.717, 1.165) is 11.1 Å². The molecule has 4 nitrogen and oxygen atoms in total. The van der Waals surface area contributed by atoms with Crippen LogP contribution in [0.3, 0.4) is 0 Å². The first kappa shape index (κ1) is 17.1. The molecule has 2 aromatic rings. The van der Waals surface area contributed by atoms with Gasteiger partial charge < -0.3 is 14.2 Å². The fourth-order valence-corrected chi connectivity index (χ4v) is 2.96. The number of benzene rings is 1. The molecule has 2 heterocycles. The number of carbonyl (C=O) groups excluding carboxylic acids is 1. The standard InChI is InChI=1S/C19H23ClN2O2/c1-19(2,3)22-9-8-15(12-22)18(23)21-10-11-24-17(13-21)14-4-6-16(20)7-5-14/h4-9,12,17H,10-11,13H2,1-3H3. The van der Waals surface area contributed by atoms with Gasteiger partial charge in [0.1, 0.15) is 6.10 Å². The van der Waals surface area contributed by atoms with Crippen LogP contribution in [0.5, 0.6) is 0 Å². The number of nitrogens with zero attached hydrogens (tertiary/aromatic N) is 2. The Morgan fingerprint density at radius 3 is 2.54 bits per heavy atom. The lowest BCUT2D eigenvalue weighted by atomic mass is 10.1. The van der Waals surface area contributed by atoms with Crippen LogP contribution in [0.4, 0.5) is 0 Å². The summed E-state index contributed by atoms with van der Waals surface area (Å²) in [6.07, 6.45) is 3.78. The predicted molar refractivity (Wildman–Crippen MR) is 95.5 cm³/mol. The fourth-order valence-electron chi connectivity index (χ4n) is 2.84. The lowest BCUT2D eigenvalue weighted by Gasteiger charge is -2.33. The predicted octanol–water partition coefficient (Wildman–Crippen LogP) is 4.11. The van der Waals surface area contributed by atoms with E-state index in [2.05, 4.69) is 25.3 Å². The van der Waals surface area contributed by atoms with Crippen molar-refractivity contribution in [2.75, 3.05) is 19.7 Å². The minimum atomic E-state index is -0.107. The first-order valence-electron chi connectivity index (χ1n) is 8.19. The van der Waals surface area contributed by atoms with Crippen LogP contribution in [0.25, 0.3) is 0 Å². The summed E-state index contributed by atoms with van der Waals surface area (Å²) >= 11 is 5.94. The van der Waals surface area contributed by atoms with Crippen molar-refractivity contribution >= 4 is 17.5 Å². The van der Waals surface area contributed by atoms with Crippen LogP contribution in [0.15, 0.2) is 42.7 Å². The molecule has 1 aromatic heterocycles. The van der Waals surface area contributed by atoms with Gasteiger partial charge in [0, 0.05) is 29.5 Å². The molecule has 1 saturated heterocycles. The van der Waals surface area contributed by atoms with Crippen molar-refractivity contribution in [3.05, 3.63) is 58.9 Å². The van der Waals surface area contributed by atoms with Crippen molar-refractivity contribution in [2.45, 2.75) is 32.4 Å². The molecule has 1 unspecified atom stereocenters. The number of amides is 1. The van der Waals surface area contributed by atoms with Crippen LogP contribution in [-0.4, -0.2) is 35.1 Å². The number of hydrogen-bond donors (Lipinski definition) is 0. The van der Waals surface area contributed by atoms with Crippen LogP contribution in [-0.2, 0) is 10.3 Å². The van der Waals surface area contributed by atoms with E-state index < -0.39 is 0 Å². The third-order valence-corrected chi connectivity index (χ3v) is 4.56. The van der Waals surface area contributed by atoms with E-state index in [9.17, 15) is 4.79 Å². The number of morpholine rings is 1. The molecule has 1 atom stereocenters. The zero-order valence-electron chi connectivity index (χ0n) is 14.3. The molecule has 1 amide bonds. The zero-order chi connectivity index (χ0) is 17.3. The molecule has 1 fully saturated rings. The van der Waals surface area contributed by atoms with E-state index in [1.54, 1.807) is 0 Å². The number of carbonyl (C=O) groups is 1. The van der Waals surface area contributed by atoms with Crippen LogP contribution in [0.1, 0.15) is 42.8 Å². The highest BCUT2D eigenvalue weighted by molar-refractivity contribution is 6.30. The highest BCUT2D eigenvalue weighted by Crippen LogP contribution is 2.25. The molecule has 1 aliphatic heterocycles. The van der Waals surface area contributed by atoms with Gasteiger partial charge in [-0.05, 0) is 44.5 Å². The van der Waals surface area contributed by atoms with Gasteiger partial charge in [-0.1, -0.05) is 23.7 Å². The number of ether oxygens (including phenoxy) is 1. The van der Waals surface area contributed by atoms with E-state index >= 15 is 0 Å². The van der Waals surface area contributed by atoms with E-state index in [1.165, 1.54) is 0 Å². The van der Waals surface area contributed by atoms with Gasteiger partial charge in [-0.25, -0.2) is 0 Å². The largest absolute Gasteiger partial charge is 0.370 e. The van der Waals surface area contributed by atoms with Crippen molar-refractivity contribution < 1.29 is 9.53 Å². The Bertz CT molecular complexity index is 716. The van der Waals surface area contributed by atoms with Crippen LogP contribution < -0.4 is 0 Å². The lowest BCUT2D eigenvalue weighted by Crippen LogP contribution is -2.42. The molecular formula is C19H23ClN2O2. The number of halogens is 1. The maximum absolute atomic E-state index is 12.8. The summed E-state index contributed by atoms with van der Waals surface area (Å²) in [5.74, 6) is 0.0558. The zero-order valence-corrected chi connectivity index (χ0v) is 15.1. The molecule has 24 heavy (non-hydrogen) atoms. The van der Waals surface area contributed by atoms with Gasteiger partial charge in [-0.2, -0.15) is 0 Å². The van der Waals surface area contributed by atoms with Gasteiger partial charge in [-0.15, -0.1) is 0 Å². The van der Waals surface area contributed by atoms with Crippen LogP contribution in [0, 0.1) is 0 Å².